The van der Waals surface area contributed by atoms with Gasteiger partial charge in [0.05, 0.1) is 11.9 Å². The number of carbonyl (C=O) groups excluding carboxylic acids is 1. The maximum absolute atomic E-state index is 12.8. The number of rotatable bonds is 6. The first kappa shape index (κ1) is 24.0. The summed E-state index contributed by atoms with van der Waals surface area (Å²) < 4.78 is 3.41. The van der Waals surface area contributed by atoms with Crippen LogP contribution >= 0.6 is 0 Å². The van der Waals surface area contributed by atoms with E-state index in [1.54, 1.807) is 16.2 Å². The number of imidazole rings is 1. The highest BCUT2D eigenvalue weighted by molar-refractivity contribution is 5.80. The van der Waals surface area contributed by atoms with Crippen LogP contribution in [-0.2, 0) is 23.2 Å². The molecule has 0 saturated heterocycles. The third-order valence-corrected chi connectivity index (χ3v) is 6.55. The normalized spacial score (nSPS) is 20.9. The predicted molar refractivity (Wildman–Crippen MR) is 124 cm³/mol. The second-order valence-electron chi connectivity index (χ2n) is 11.0. The topological polar surface area (TPSA) is 106 Å². The van der Waals surface area contributed by atoms with E-state index in [1.807, 2.05) is 12.1 Å². The summed E-state index contributed by atoms with van der Waals surface area (Å²) in [5, 5.41) is 11.9. The van der Waals surface area contributed by atoms with Gasteiger partial charge in [-0.05, 0) is 42.2 Å². The van der Waals surface area contributed by atoms with Crippen molar-refractivity contribution < 1.29 is 14.7 Å². The number of aliphatic carboxylic acids is 1. The molecule has 2 aromatic heterocycles. The molecule has 8 heteroatoms. The molecule has 8 nitrogen and oxygen atoms in total. The van der Waals surface area contributed by atoms with E-state index >= 15 is 0 Å². The number of hydrogen-bond donors (Lipinski definition) is 2. The van der Waals surface area contributed by atoms with Crippen molar-refractivity contribution in [3.8, 4) is 0 Å². The molecule has 2 N–H and O–H groups in total. The monoisotopic (exact) mass is 444 g/mol. The van der Waals surface area contributed by atoms with Crippen LogP contribution < -0.4 is 11.0 Å². The van der Waals surface area contributed by atoms with Crippen LogP contribution in [0.1, 0.15) is 78.3 Å². The van der Waals surface area contributed by atoms with E-state index in [0.29, 0.717) is 12.2 Å². The van der Waals surface area contributed by atoms with Gasteiger partial charge < -0.3 is 10.4 Å². The minimum Gasteiger partial charge on any atom is -0.481 e. The third-order valence-electron chi connectivity index (χ3n) is 6.55. The molecule has 0 radical (unpaired) electrons. The highest BCUT2D eigenvalue weighted by Crippen LogP contribution is 2.42. The summed E-state index contributed by atoms with van der Waals surface area (Å²) in [6.45, 7) is 11.2. The Morgan fingerprint density at radius 3 is 2.56 bits per heavy atom. The molecular weight excluding hydrogens is 408 g/mol. The lowest BCUT2D eigenvalue weighted by Crippen LogP contribution is -2.48. The van der Waals surface area contributed by atoms with E-state index < -0.39 is 5.97 Å². The Morgan fingerprint density at radius 1 is 1.25 bits per heavy atom. The number of aryl methyl sites for hydroxylation is 1. The molecule has 0 aliphatic heterocycles. The van der Waals surface area contributed by atoms with Gasteiger partial charge in [-0.15, -0.1) is 0 Å². The number of pyridine rings is 1. The van der Waals surface area contributed by atoms with Gasteiger partial charge in [0.25, 0.3) is 0 Å². The molecule has 2 atom stereocenters. The highest BCUT2D eigenvalue weighted by Gasteiger charge is 2.38. The second-order valence-corrected chi connectivity index (χ2v) is 11.0. The molecule has 2 unspecified atom stereocenters. The quantitative estimate of drug-likeness (QED) is 0.710. The van der Waals surface area contributed by atoms with Crippen LogP contribution in [0.4, 0.5) is 0 Å². The van der Waals surface area contributed by atoms with Gasteiger partial charge in [-0.25, -0.2) is 9.78 Å². The van der Waals surface area contributed by atoms with E-state index in [0.717, 1.165) is 30.5 Å². The molecule has 1 aliphatic carbocycles. The van der Waals surface area contributed by atoms with Crippen molar-refractivity contribution in [1.29, 1.82) is 0 Å². The first-order valence-corrected chi connectivity index (χ1v) is 11.4. The SMILES string of the molecule is Cn1c(=O)n(CC(C)(C)C)c2ccc(C3CCC(C)(C)C(NC(=O)CCC(=O)O)C3)nc21. The van der Waals surface area contributed by atoms with Crippen LogP contribution in [0.25, 0.3) is 11.2 Å². The number of carbonyl (C=O) groups is 2. The first-order valence-electron chi connectivity index (χ1n) is 11.4. The van der Waals surface area contributed by atoms with Gasteiger partial charge in [-0.3, -0.25) is 18.7 Å². The standard InChI is InChI=1S/C24H36N4O4/c1-23(2,3)14-28-17-8-7-16(25-21(17)27(6)22(28)32)15-11-12-24(4,5)18(13-15)26-19(29)9-10-20(30)31/h7-8,15,18H,9-14H2,1-6H3,(H,26,29)(H,30,31). The summed E-state index contributed by atoms with van der Waals surface area (Å²) in [6.07, 6.45) is 2.43. The lowest BCUT2D eigenvalue weighted by molar-refractivity contribution is -0.139. The average molecular weight is 445 g/mol. The van der Waals surface area contributed by atoms with Crippen molar-refractivity contribution in [1.82, 2.24) is 19.4 Å². The molecule has 3 rings (SSSR count). The van der Waals surface area contributed by atoms with Crippen molar-refractivity contribution in [2.75, 3.05) is 0 Å². The van der Waals surface area contributed by atoms with Crippen LogP contribution in [0.3, 0.4) is 0 Å². The maximum Gasteiger partial charge on any atom is 0.330 e. The fourth-order valence-electron chi connectivity index (χ4n) is 4.59. The number of nitrogens with one attached hydrogen (secondary N) is 1. The zero-order valence-corrected chi connectivity index (χ0v) is 20.1. The first-order chi connectivity index (χ1) is 14.8. The second kappa shape index (κ2) is 8.71. The van der Waals surface area contributed by atoms with E-state index in [1.165, 1.54) is 0 Å². The fraction of sp³-hybridized carbons (Fsp3) is 0.667. The highest BCUT2D eigenvalue weighted by atomic mass is 16.4. The Labute approximate surface area is 189 Å². The van der Waals surface area contributed by atoms with Crippen LogP contribution in [0.15, 0.2) is 16.9 Å². The summed E-state index contributed by atoms with van der Waals surface area (Å²) in [6, 6.07) is 3.94. The lowest BCUT2D eigenvalue weighted by Gasteiger charge is -2.42. The van der Waals surface area contributed by atoms with Crippen molar-refractivity contribution in [2.24, 2.45) is 17.9 Å². The maximum atomic E-state index is 12.8. The van der Waals surface area contributed by atoms with Gasteiger partial charge in [-0.2, -0.15) is 0 Å². The van der Waals surface area contributed by atoms with Crippen molar-refractivity contribution in [3.05, 3.63) is 28.3 Å². The molecule has 1 aliphatic rings. The van der Waals surface area contributed by atoms with E-state index in [2.05, 4.69) is 39.9 Å². The van der Waals surface area contributed by atoms with Crippen molar-refractivity contribution in [3.63, 3.8) is 0 Å². The number of hydrogen-bond acceptors (Lipinski definition) is 4. The molecule has 2 heterocycles. The Morgan fingerprint density at radius 2 is 1.94 bits per heavy atom. The summed E-state index contributed by atoms with van der Waals surface area (Å²) in [5.74, 6) is -1.03. The Bertz CT molecular complexity index is 1070. The van der Waals surface area contributed by atoms with Crippen molar-refractivity contribution in [2.45, 2.75) is 85.2 Å². The minimum atomic E-state index is -0.970. The molecular formula is C24H36N4O4. The van der Waals surface area contributed by atoms with E-state index in [4.69, 9.17) is 10.1 Å². The molecule has 0 bridgehead atoms. The number of nitrogens with zero attached hydrogens (tertiary/aromatic N) is 3. The molecule has 0 spiro atoms. The minimum absolute atomic E-state index is 0.0137. The molecule has 2 aromatic rings. The van der Waals surface area contributed by atoms with Crippen LogP contribution in [0.5, 0.6) is 0 Å². The number of amides is 1. The van der Waals surface area contributed by atoms with Crippen LogP contribution in [0.2, 0.25) is 0 Å². The summed E-state index contributed by atoms with van der Waals surface area (Å²) in [7, 11) is 1.76. The van der Waals surface area contributed by atoms with E-state index in [9.17, 15) is 14.4 Å². The molecule has 0 aromatic carbocycles. The van der Waals surface area contributed by atoms with Gasteiger partial charge in [0.1, 0.15) is 0 Å². The number of carboxylic acids is 1. The zero-order chi connectivity index (χ0) is 23.8. The van der Waals surface area contributed by atoms with Crippen LogP contribution in [0, 0.1) is 10.8 Å². The van der Waals surface area contributed by atoms with Gasteiger partial charge in [0, 0.05) is 37.7 Å². The lowest BCUT2D eigenvalue weighted by atomic mass is 9.68. The van der Waals surface area contributed by atoms with Crippen LogP contribution in [-0.4, -0.2) is 37.1 Å². The molecule has 32 heavy (non-hydrogen) atoms. The third kappa shape index (κ3) is 5.22. The molecule has 1 fully saturated rings. The summed E-state index contributed by atoms with van der Waals surface area (Å²) >= 11 is 0. The van der Waals surface area contributed by atoms with Gasteiger partial charge >= 0.3 is 11.7 Å². The average Bonchev–Trinajstić information content (AvgIpc) is 2.91. The van der Waals surface area contributed by atoms with Gasteiger partial charge in [-0.1, -0.05) is 34.6 Å². The van der Waals surface area contributed by atoms with Crippen molar-refractivity contribution >= 4 is 23.0 Å². The number of fused-ring (bicyclic) bond motifs is 1. The summed E-state index contributed by atoms with van der Waals surface area (Å²) in [4.78, 5) is 40.8. The Kier molecular flexibility index (Phi) is 6.54. The summed E-state index contributed by atoms with van der Waals surface area (Å²) in [5.41, 5.74) is 2.28. The Balaban J connectivity index is 1.85. The smallest absolute Gasteiger partial charge is 0.330 e. The predicted octanol–water partition coefficient (Wildman–Crippen LogP) is 3.42. The fourth-order valence-corrected chi connectivity index (χ4v) is 4.59. The number of aromatic nitrogens is 3. The Hall–Kier alpha value is -2.64. The van der Waals surface area contributed by atoms with Gasteiger partial charge in [0.15, 0.2) is 5.65 Å². The van der Waals surface area contributed by atoms with Gasteiger partial charge in [0.2, 0.25) is 5.91 Å². The van der Waals surface area contributed by atoms with E-state index in [-0.39, 0.29) is 47.2 Å². The number of carboxylic acid groups (broad SMARTS) is 1. The molecule has 1 amide bonds. The molecule has 176 valence electrons. The zero-order valence-electron chi connectivity index (χ0n) is 20.1. The molecule has 1 saturated carbocycles. The largest absolute Gasteiger partial charge is 0.481 e.